The van der Waals surface area contributed by atoms with Gasteiger partial charge in [-0.2, -0.15) is 0 Å². The summed E-state index contributed by atoms with van der Waals surface area (Å²) < 4.78 is 1.68. The van der Waals surface area contributed by atoms with Crippen LogP contribution in [0.25, 0.3) is 6.08 Å². The van der Waals surface area contributed by atoms with Crippen LogP contribution in [0.2, 0.25) is 0 Å². The molecule has 0 bridgehead atoms. The van der Waals surface area contributed by atoms with E-state index in [1.807, 2.05) is 0 Å². The van der Waals surface area contributed by atoms with Gasteiger partial charge in [0.2, 0.25) is 0 Å². The fraction of sp³-hybridized carbons (Fsp3) is 0.0714. The fourth-order valence-electron chi connectivity index (χ4n) is 1.81. The van der Waals surface area contributed by atoms with Gasteiger partial charge in [-0.05, 0) is 17.7 Å². The van der Waals surface area contributed by atoms with Gasteiger partial charge >= 0.3 is 11.9 Å². The molecule has 20 heavy (non-hydrogen) atoms. The maximum absolute atomic E-state index is 11.1. The van der Waals surface area contributed by atoms with E-state index in [4.69, 9.17) is 10.2 Å². The van der Waals surface area contributed by atoms with Gasteiger partial charge in [-0.25, -0.2) is 14.6 Å². The molecule has 0 spiro atoms. The van der Waals surface area contributed by atoms with Crippen LogP contribution in [0.3, 0.4) is 0 Å². The summed E-state index contributed by atoms with van der Waals surface area (Å²) in [6.07, 6.45) is 5.47. The topological polar surface area (TPSA) is 92.4 Å². The molecule has 1 heterocycles. The molecule has 2 aromatic rings. The molecule has 0 fully saturated rings. The molecule has 6 nitrogen and oxygen atoms in total. The minimum Gasteiger partial charge on any atom is -0.478 e. The SMILES string of the molecule is O=C(O)/C=C/c1cncn1Cc1ccccc1C(=O)O. The van der Waals surface area contributed by atoms with Crippen LogP contribution in [0.5, 0.6) is 0 Å². The summed E-state index contributed by atoms with van der Waals surface area (Å²) >= 11 is 0. The van der Waals surface area contributed by atoms with Gasteiger partial charge in [-0.1, -0.05) is 18.2 Å². The number of nitrogens with zero attached hydrogens (tertiary/aromatic N) is 2. The monoisotopic (exact) mass is 272 g/mol. The first-order chi connectivity index (χ1) is 9.58. The van der Waals surface area contributed by atoms with E-state index in [1.54, 1.807) is 22.8 Å². The Labute approximate surface area is 114 Å². The van der Waals surface area contributed by atoms with Crippen LogP contribution in [0, 0.1) is 0 Å². The van der Waals surface area contributed by atoms with E-state index in [0.717, 1.165) is 6.08 Å². The highest BCUT2D eigenvalue weighted by Gasteiger charge is 2.10. The van der Waals surface area contributed by atoms with Crippen molar-refractivity contribution in [3.63, 3.8) is 0 Å². The molecule has 0 aliphatic heterocycles. The normalized spacial score (nSPS) is 10.8. The predicted octanol–water partition coefficient (Wildman–Crippen LogP) is 1.73. The Hall–Kier alpha value is -2.89. The molecule has 0 atom stereocenters. The minimum absolute atomic E-state index is 0.217. The Morgan fingerprint density at radius 1 is 1.25 bits per heavy atom. The lowest BCUT2D eigenvalue weighted by Crippen LogP contribution is -2.07. The second-order valence-corrected chi connectivity index (χ2v) is 4.08. The quantitative estimate of drug-likeness (QED) is 0.808. The Morgan fingerprint density at radius 3 is 2.70 bits per heavy atom. The molecule has 2 N–H and O–H groups in total. The summed E-state index contributed by atoms with van der Waals surface area (Å²) in [5.74, 6) is -2.05. The fourth-order valence-corrected chi connectivity index (χ4v) is 1.81. The maximum atomic E-state index is 11.1. The van der Waals surface area contributed by atoms with Crippen molar-refractivity contribution in [2.45, 2.75) is 6.54 Å². The Balaban J connectivity index is 2.30. The molecule has 1 aromatic carbocycles. The molecule has 0 radical (unpaired) electrons. The number of carbonyl (C=O) groups is 2. The third kappa shape index (κ3) is 3.11. The molecular weight excluding hydrogens is 260 g/mol. The Bertz CT molecular complexity index is 673. The van der Waals surface area contributed by atoms with E-state index in [-0.39, 0.29) is 5.56 Å². The van der Waals surface area contributed by atoms with Crippen molar-refractivity contribution in [3.05, 3.63) is 59.7 Å². The van der Waals surface area contributed by atoms with Gasteiger partial charge in [0.15, 0.2) is 0 Å². The van der Waals surface area contributed by atoms with Crippen LogP contribution in [0.1, 0.15) is 21.6 Å². The average Bonchev–Trinajstić information content (AvgIpc) is 2.84. The number of aromatic nitrogens is 2. The van der Waals surface area contributed by atoms with Crippen molar-refractivity contribution in [2.75, 3.05) is 0 Å². The number of benzene rings is 1. The zero-order chi connectivity index (χ0) is 14.5. The standard InChI is InChI=1S/C14H12N2O4/c17-13(18)6-5-11-7-15-9-16(11)8-10-3-1-2-4-12(10)14(19)20/h1-7,9H,8H2,(H,17,18)(H,19,20)/b6-5+. The third-order valence-electron chi connectivity index (χ3n) is 2.73. The summed E-state index contributed by atoms with van der Waals surface area (Å²) in [6.45, 7) is 0.307. The van der Waals surface area contributed by atoms with E-state index in [2.05, 4.69) is 4.98 Å². The van der Waals surface area contributed by atoms with Crippen molar-refractivity contribution in [1.29, 1.82) is 0 Å². The first-order valence-electron chi connectivity index (χ1n) is 5.80. The molecule has 0 unspecified atom stereocenters. The molecule has 0 aliphatic carbocycles. The second kappa shape index (κ2) is 5.83. The smallest absolute Gasteiger partial charge is 0.336 e. The molecule has 6 heteroatoms. The number of aliphatic carboxylic acids is 1. The molecular formula is C14H12N2O4. The van der Waals surface area contributed by atoms with E-state index < -0.39 is 11.9 Å². The number of imidazole rings is 1. The maximum Gasteiger partial charge on any atom is 0.336 e. The minimum atomic E-state index is -1.05. The van der Waals surface area contributed by atoms with Crippen LogP contribution in [-0.4, -0.2) is 31.7 Å². The van der Waals surface area contributed by atoms with Gasteiger partial charge in [-0.15, -0.1) is 0 Å². The summed E-state index contributed by atoms with van der Waals surface area (Å²) in [6, 6.07) is 6.66. The van der Waals surface area contributed by atoms with E-state index in [9.17, 15) is 9.59 Å². The number of carboxylic acid groups (broad SMARTS) is 2. The molecule has 0 amide bonds. The van der Waals surface area contributed by atoms with Crippen LogP contribution in [-0.2, 0) is 11.3 Å². The largest absolute Gasteiger partial charge is 0.478 e. The van der Waals surface area contributed by atoms with Gasteiger partial charge in [0.1, 0.15) is 0 Å². The number of hydrogen-bond acceptors (Lipinski definition) is 3. The van der Waals surface area contributed by atoms with Crippen LogP contribution in [0.4, 0.5) is 0 Å². The van der Waals surface area contributed by atoms with E-state index in [0.29, 0.717) is 17.8 Å². The van der Waals surface area contributed by atoms with Gasteiger partial charge in [-0.3, -0.25) is 0 Å². The molecule has 1 aromatic heterocycles. The second-order valence-electron chi connectivity index (χ2n) is 4.08. The predicted molar refractivity (Wildman–Crippen MR) is 71.4 cm³/mol. The number of hydrogen-bond donors (Lipinski definition) is 2. The highest BCUT2D eigenvalue weighted by Crippen LogP contribution is 2.13. The third-order valence-corrected chi connectivity index (χ3v) is 2.73. The zero-order valence-electron chi connectivity index (χ0n) is 10.4. The van der Waals surface area contributed by atoms with E-state index in [1.165, 1.54) is 24.7 Å². The molecule has 102 valence electrons. The van der Waals surface area contributed by atoms with Crippen molar-refractivity contribution < 1.29 is 19.8 Å². The van der Waals surface area contributed by atoms with Gasteiger partial charge < -0.3 is 14.8 Å². The van der Waals surface area contributed by atoms with Crippen LogP contribution >= 0.6 is 0 Å². The summed E-state index contributed by atoms with van der Waals surface area (Å²) in [4.78, 5) is 25.6. The summed E-state index contributed by atoms with van der Waals surface area (Å²) in [5.41, 5.74) is 1.44. The van der Waals surface area contributed by atoms with Gasteiger partial charge in [0, 0.05) is 12.6 Å². The van der Waals surface area contributed by atoms with Gasteiger partial charge in [0.25, 0.3) is 0 Å². The Kier molecular flexibility index (Phi) is 3.95. The molecule has 0 aliphatic rings. The lowest BCUT2D eigenvalue weighted by atomic mass is 10.1. The Morgan fingerprint density at radius 2 is 2.00 bits per heavy atom. The molecule has 0 saturated carbocycles. The van der Waals surface area contributed by atoms with Gasteiger partial charge in [0.05, 0.1) is 23.8 Å². The number of rotatable bonds is 5. The number of aromatic carboxylic acids is 1. The van der Waals surface area contributed by atoms with Crippen molar-refractivity contribution in [3.8, 4) is 0 Å². The lowest BCUT2D eigenvalue weighted by Gasteiger charge is -2.08. The van der Waals surface area contributed by atoms with Crippen LogP contribution in [0.15, 0.2) is 42.9 Å². The van der Waals surface area contributed by atoms with Crippen LogP contribution < -0.4 is 0 Å². The van der Waals surface area contributed by atoms with Crippen molar-refractivity contribution >= 4 is 18.0 Å². The average molecular weight is 272 g/mol. The van der Waals surface area contributed by atoms with Crippen molar-refractivity contribution in [2.24, 2.45) is 0 Å². The lowest BCUT2D eigenvalue weighted by molar-refractivity contribution is -0.131. The highest BCUT2D eigenvalue weighted by atomic mass is 16.4. The van der Waals surface area contributed by atoms with E-state index >= 15 is 0 Å². The summed E-state index contributed by atoms with van der Waals surface area (Å²) in [7, 11) is 0. The first-order valence-corrected chi connectivity index (χ1v) is 5.80. The first kappa shape index (κ1) is 13.5. The van der Waals surface area contributed by atoms with Crippen molar-refractivity contribution in [1.82, 2.24) is 9.55 Å². The highest BCUT2D eigenvalue weighted by molar-refractivity contribution is 5.89. The zero-order valence-corrected chi connectivity index (χ0v) is 10.4. The number of carboxylic acids is 2. The molecule has 0 saturated heterocycles. The summed E-state index contributed by atoms with van der Waals surface area (Å²) in [5, 5.41) is 17.7. The molecule has 2 rings (SSSR count).